The largest absolute Gasteiger partial charge is 0.271 e. The van der Waals surface area contributed by atoms with E-state index in [4.69, 9.17) is 29.0 Å². The molecule has 0 aliphatic rings. The van der Waals surface area contributed by atoms with Crippen LogP contribution in [0.15, 0.2) is 24.5 Å². The van der Waals surface area contributed by atoms with E-state index in [1.54, 1.807) is 18.2 Å². The minimum Gasteiger partial charge on any atom is -0.271 e. The predicted molar refractivity (Wildman–Crippen MR) is 75.9 cm³/mol. The number of rotatable bonds is 5. The van der Waals surface area contributed by atoms with Gasteiger partial charge in [-0.15, -0.1) is 0 Å². The van der Waals surface area contributed by atoms with Crippen LogP contribution in [0.4, 0.5) is 0 Å². The van der Waals surface area contributed by atoms with E-state index in [1.165, 1.54) is 6.33 Å². The maximum atomic E-state index is 6.19. The molecule has 0 aliphatic heterocycles. The maximum absolute atomic E-state index is 6.19. The van der Waals surface area contributed by atoms with Crippen LogP contribution in [0.2, 0.25) is 10.0 Å². The fourth-order valence-corrected chi connectivity index (χ4v) is 2.36. The first-order chi connectivity index (χ1) is 9.15. The van der Waals surface area contributed by atoms with Gasteiger partial charge in [-0.3, -0.25) is 16.0 Å². The van der Waals surface area contributed by atoms with Gasteiger partial charge in [-0.2, -0.15) is 5.10 Å². The van der Waals surface area contributed by atoms with E-state index < -0.39 is 0 Å². The Morgan fingerprint density at radius 1 is 1.42 bits per heavy atom. The van der Waals surface area contributed by atoms with Crippen LogP contribution >= 0.6 is 23.2 Å². The smallest absolute Gasteiger partial charge is 0.138 e. The first kappa shape index (κ1) is 14.3. The Kier molecular flexibility index (Phi) is 4.76. The summed E-state index contributed by atoms with van der Waals surface area (Å²) in [6.45, 7) is 2.77. The maximum Gasteiger partial charge on any atom is 0.138 e. The second kappa shape index (κ2) is 6.34. The van der Waals surface area contributed by atoms with Crippen molar-refractivity contribution in [3.05, 3.63) is 46.0 Å². The Morgan fingerprint density at radius 3 is 2.89 bits per heavy atom. The molecule has 0 fully saturated rings. The van der Waals surface area contributed by atoms with Crippen LogP contribution in [0.5, 0.6) is 0 Å². The van der Waals surface area contributed by atoms with E-state index in [2.05, 4.69) is 15.5 Å². The van der Waals surface area contributed by atoms with Crippen molar-refractivity contribution >= 4 is 23.2 Å². The Morgan fingerprint density at radius 2 is 2.21 bits per heavy atom. The van der Waals surface area contributed by atoms with Crippen LogP contribution in [0, 0.1) is 0 Å². The van der Waals surface area contributed by atoms with Crippen molar-refractivity contribution in [3.8, 4) is 0 Å². The number of nitrogens with one attached hydrogen (secondary N) is 1. The summed E-state index contributed by atoms with van der Waals surface area (Å²) in [5.74, 6) is 6.47. The van der Waals surface area contributed by atoms with Crippen molar-refractivity contribution in [2.75, 3.05) is 0 Å². The first-order valence-electron chi connectivity index (χ1n) is 5.93. The quantitative estimate of drug-likeness (QED) is 0.657. The third kappa shape index (κ3) is 3.25. The van der Waals surface area contributed by atoms with Crippen molar-refractivity contribution < 1.29 is 0 Å². The molecule has 2 rings (SSSR count). The number of hydrazine groups is 1. The Labute approximate surface area is 121 Å². The Balaban J connectivity index is 2.27. The molecule has 1 heterocycles. The molecule has 7 heteroatoms. The highest BCUT2D eigenvalue weighted by atomic mass is 35.5. The van der Waals surface area contributed by atoms with E-state index in [0.717, 1.165) is 17.9 Å². The fourth-order valence-electron chi connectivity index (χ4n) is 1.93. The van der Waals surface area contributed by atoms with Crippen LogP contribution in [0.3, 0.4) is 0 Å². The molecule has 0 saturated heterocycles. The monoisotopic (exact) mass is 299 g/mol. The lowest BCUT2D eigenvalue weighted by atomic mass is 10.0. The minimum atomic E-state index is -0.166. The zero-order valence-corrected chi connectivity index (χ0v) is 12.0. The lowest BCUT2D eigenvalue weighted by Crippen LogP contribution is -2.30. The van der Waals surface area contributed by atoms with Crippen molar-refractivity contribution in [2.45, 2.75) is 25.9 Å². The average Bonchev–Trinajstić information content (AvgIpc) is 2.86. The van der Waals surface area contributed by atoms with Crippen LogP contribution in [0.25, 0.3) is 0 Å². The van der Waals surface area contributed by atoms with E-state index in [0.29, 0.717) is 16.5 Å². The summed E-state index contributed by atoms with van der Waals surface area (Å²) in [4.78, 5) is 4.23. The van der Waals surface area contributed by atoms with Gasteiger partial charge in [-0.1, -0.05) is 23.2 Å². The van der Waals surface area contributed by atoms with Gasteiger partial charge in [0.15, 0.2) is 0 Å². The lowest BCUT2D eigenvalue weighted by Gasteiger charge is -2.17. The summed E-state index contributed by atoms with van der Waals surface area (Å²) in [7, 11) is 0. The van der Waals surface area contributed by atoms with Crippen LogP contribution in [-0.2, 0) is 13.0 Å². The second-order valence-electron chi connectivity index (χ2n) is 4.08. The molecule has 102 valence electrons. The SMILES string of the molecule is CCn1ncnc1CC(NN)c1cc(Cl)ccc1Cl. The van der Waals surface area contributed by atoms with Crippen molar-refractivity contribution in [2.24, 2.45) is 5.84 Å². The third-order valence-electron chi connectivity index (χ3n) is 2.92. The number of aromatic nitrogens is 3. The van der Waals surface area contributed by atoms with Gasteiger partial charge in [0.05, 0.1) is 6.04 Å². The van der Waals surface area contributed by atoms with E-state index in [-0.39, 0.29) is 6.04 Å². The Bertz CT molecular complexity index is 555. The molecule has 0 aliphatic carbocycles. The lowest BCUT2D eigenvalue weighted by molar-refractivity contribution is 0.510. The average molecular weight is 300 g/mol. The van der Waals surface area contributed by atoms with E-state index >= 15 is 0 Å². The highest BCUT2D eigenvalue weighted by Crippen LogP contribution is 2.27. The van der Waals surface area contributed by atoms with Crippen molar-refractivity contribution in [3.63, 3.8) is 0 Å². The van der Waals surface area contributed by atoms with Gasteiger partial charge < -0.3 is 0 Å². The second-order valence-corrected chi connectivity index (χ2v) is 4.92. The molecular formula is C12H15Cl2N5. The van der Waals surface area contributed by atoms with Gasteiger partial charge in [0, 0.05) is 23.0 Å². The van der Waals surface area contributed by atoms with Gasteiger partial charge >= 0.3 is 0 Å². The highest BCUT2D eigenvalue weighted by molar-refractivity contribution is 6.33. The van der Waals surface area contributed by atoms with Gasteiger partial charge in [-0.25, -0.2) is 4.98 Å². The first-order valence-corrected chi connectivity index (χ1v) is 6.69. The summed E-state index contributed by atoms with van der Waals surface area (Å²) in [6.07, 6.45) is 2.12. The molecule has 0 spiro atoms. The van der Waals surface area contributed by atoms with Gasteiger partial charge in [0.25, 0.3) is 0 Å². The van der Waals surface area contributed by atoms with E-state index in [9.17, 15) is 0 Å². The summed E-state index contributed by atoms with van der Waals surface area (Å²) in [5, 5.41) is 5.38. The topological polar surface area (TPSA) is 68.8 Å². The number of hydrogen-bond acceptors (Lipinski definition) is 4. The molecule has 0 amide bonds. The third-order valence-corrected chi connectivity index (χ3v) is 3.50. The van der Waals surface area contributed by atoms with Gasteiger partial charge in [-0.05, 0) is 30.7 Å². The van der Waals surface area contributed by atoms with Crippen LogP contribution in [0.1, 0.15) is 24.4 Å². The molecule has 3 N–H and O–H groups in total. The molecule has 1 unspecified atom stereocenters. The molecule has 0 bridgehead atoms. The zero-order valence-electron chi connectivity index (χ0n) is 10.5. The van der Waals surface area contributed by atoms with E-state index in [1.807, 2.05) is 11.6 Å². The molecule has 1 aromatic carbocycles. The highest BCUT2D eigenvalue weighted by Gasteiger charge is 2.17. The van der Waals surface area contributed by atoms with Crippen molar-refractivity contribution in [1.82, 2.24) is 20.2 Å². The molecule has 0 saturated carbocycles. The zero-order chi connectivity index (χ0) is 13.8. The summed E-state index contributed by atoms with van der Waals surface area (Å²) in [5.41, 5.74) is 3.60. The van der Waals surface area contributed by atoms with Gasteiger partial charge in [0.2, 0.25) is 0 Å². The number of halogens is 2. The van der Waals surface area contributed by atoms with Gasteiger partial charge in [0.1, 0.15) is 12.2 Å². The molecule has 5 nitrogen and oxygen atoms in total. The number of hydrogen-bond donors (Lipinski definition) is 2. The normalized spacial score (nSPS) is 12.6. The predicted octanol–water partition coefficient (Wildman–Crippen LogP) is 2.35. The molecule has 2 aromatic rings. The molecule has 1 aromatic heterocycles. The number of nitrogens with two attached hydrogens (primary N) is 1. The Hall–Kier alpha value is -1.14. The number of benzene rings is 1. The fraction of sp³-hybridized carbons (Fsp3) is 0.333. The summed E-state index contributed by atoms with van der Waals surface area (Å²) < 4.78 is 1.82. The summed E-state index contributed by atoms with van der Waals surface area (Å²) >= 11 is 12.2. The molecule has 1 atom stereocenters. The minimum absolute atomic E-state index is 0.166. The van der Waals surface area contributed by atoms with Crippen molar-refractivity contribution in [1.29, 1.82) is 0 Å². The standard InChI is InChI=1S/C12H15Cl2N5/c1-2-19-12(16-7-17-19)6-11(18-15)9-5-8(13)3-4-10(9)14/h3-5,7,11,18H,2,6,15H2,1H3. The molecular weight excluding hydrogens is 285 g/mol. The van der Waals surface area contributed by atoms with Crippen LogP contribution < -0.4 is 11.3 Å². The number of aryl methyl sites for hydroxylation is 1. The molecule has 0 radical (unpaired) electrons. The number of nitrogens with zero attached hydrogens (tertiary/aromatic N) is 3. The molecule has 19 heavy (non-hydrogen) atoms. The summed E-state index contributed by atoms with van der Waals surface area (Å²) in [6, 6.07) is 5.14. The van der Waals surface area contributed by atoms with Crippen LogP contribution in [-0.4, -0.2) is 14.8 Å².